The van der Waals surface area contributed by atoms with E-state index >= 15 is 0 Å². The van der Waals surface area contributed by atoms with Gasteiger partial charge < -0.3 is 15.1 Å². The molecule has 0 unspecified atom stereocenters. The third-order valence-corrected chi connectivity index (χ3v) is 3.21. The summed E-state index contributed by atoms with van der Waals surface area (Å²) < 4.78 is 0. The van der Waals surface area contributed by atoms with Crippen LogP contribution in [0.1, 0.15) is 19.3 Å². The highest BCUT2D eigenvalue weighted by Gasteiger charge is 2.29. The molecule has 2 rings (SSSR count). The minimum absolute atomic E-state index is 0.225. The molecule has 0 aromatic carbocycles. The van der Waals surface area contributed by atoms with E-state index in [1.807, 2.05) is 11.9 Å². The van der Waals surface area contributed by atoms with Crippen molar-refractivity contribution in [2.24, 2.45) is 0 Å². The standard InChI is InChI=1S/C10H19N3O/c1-12-7-2-8-13(10(12)14)9-3-5-11-6-4-9/h9,11H,2-8H2,1H3. The third kappa shape index (κ3) is 1.85. The first kappa shape index (κ1) is 9.77. The molecule has 0 aromatic rings. The van der Waals surface area contributed by atoms with E-state index in [0.717, 1.165) is 45.4 Å². The second kappa shape index (κ2) is 4.17. The van der Waals surface area contributed by atoms with Crippen molar-refractivity contribution in [3.63, 3.8) is 0 Å². The Hall–Kier alpha value is -0.770. The van der Waals surface area contributed by atoms with Crippen LogP contribution in [0.2, 0.25) is 0 Å². The zero-order chi connectivity index (χ0) is 9.97. The largest absolute Gasteiger partial charge is 0.328 e. The first-order chi connectivity index (χ1) is 6.79. The van der Waals surface area contributed by atoms with Crippen LogP contribution in [0.15, 0.2) is 0 Å². The highest BCUT2D eigenvalue weighted by atomic mass is 16.2. The van der Waals surface area contributed by atoms with Crippen LogP contribution in [-0.2, 0) is 0 Å². The molecule has 4 heteroatoms. The van der Waals surface area contributed by atoms with E-state index in [1.54, 1.807) is 0 Å². The molecule has 0 aromatic heterocycles. The van der Waals surface area contributed by atoms with Gasteiger partial charge in [0.15, 0.2) is 0 Å². The van der Waals surface area contributed by atoms with Crippen molar-refractivity contribution in [1.82, 2.24) is 15.1 Å². The summed E-state index contributed by atoms with van der Waals surface area (Å²) in [5.74, 6) is 0. The quantitative estimate of drug-likeness (QED) is 0.664. The molecule has 0 radical (unpaired) electrons. The van der Waals surface area contributed by atoms with E-state index in [9.17, 15) is 4.79 Å². The van der Waals surface area contributed by atoms with Gasteiger partial charge >= 0.3 is 6.03 Å². The van der Waals surface area contributed by atoms with Crippen LogP contribution in [0.25, 0.3) is 0 Å². The summed E-state index contributed by atoms with van der Waals surface area (Å²) in [7, 11) is 1.90. The molecule has 2 fully saturated rings. The van der Waals surface area contributed by atoms with Crippen molar-refractivity contribution in [2.45, 2.75) is 25.3 Å². The fourth-order valence-corrected chi connectivity index (χ4v) is 2.35. The second-order valence-corrected chi connectivity index (χ2v) is 4.23. The third-order valence-electron chi connectivity index (χ3n) is 3.21. The van der Waals surface area contributed by atoms with E-state index < -0.39 is 0 Å². The SMILES string of the molecule is CN1CCCN(C2CCNCC2)C1=O. The molecule has 14 heavy (non-hydrogen) atoms. The van der Waals surface area contributed by atoms with E-state index in [2.05, 4.69) is 10.2 Å². The molecular formula is C10H19N3O. The molecule has 0 spiro atoms. The van der Waals surface area contributed by atoms with E-state index in [0.29, 0.717) is 6.04 Å². The monoisotopic (exact) mass is 197 g/mol. The Morgan fingerprint density at radius 1 is 1.29 bits per heavy atom. The van der Waals surface area contributed by atoms with Crippen LogP contribution in [-0.4, -0.2) is 55.1 Å². The van der Waals surface area contributed by atoms with Gasteiger partial charge in [-0.15, -0.1) is 0 Å². The summed E-state index contributed by atoms with van der Waals surface area (Å²) in [4.78, 5) is 15.8. The van der Waals surface area contributed by atoms with Gasteiger partial charge in [-0.05, 0) is 32.4 Å². The van der Waals surface area contributed by atoms with Crippen LogP contribution in [0, 0.1) is 0 Å². The Labute approximate surface area is 85.2 Å². The minimum Gasteiger partial charge on any atom is -0.328 e. The molecule has 2 heterocycles. The molecule has 2 aliphatic heterocycles. The molecular weight excluding hydrogens is 178 g/mol. The number of nitrogens with zero attached hydrogens (tertiary/aromatic N) is 2. The summed E-state index contributed by atoms with van der Waals surface area (Å²) in [6.07, 6.45) is 3.34. The lowest BCUT2D eigenvalue weighted by atomic mass is 10.0. The van der Waals surface area contributed by atoms with Gasteiger partial charge in [0.05, 0.1) is 0 Å². The number of amides is 2. The van der Waals surface area contributed by atoms with Crippen molar-refractivity contribution in [3.8, 4) is 0 Å². The molecule has 2 aliphatic rings. The van der Waals surface area contributed by atoms with Crippen molar-refractivity contribution in [3.05, 3.63) is 0 Å². The maximum Gasteiger partial charge on any atom is 0.319 e. The molecule has 0 bridgehead atoms. The number of piperidine rings is 1. The molecule has 80 valence electrons. The average molecular weight is 197 g/mol. The first-order valence-corrected chi connectivity index (χ1v) is 5.51. The lowest BCUT2D eigenvalue weighted by Gasteiger charge is -2.40. The van der Waals surface area contributed by atoms with Crippen LogP contribution < -0.4 is 5.32 Å². The zero-order valence-corrected chi connectivity index (χ0v) is 8.83. The van der Waals surface area contributed by atoms with Gasteiger partial charge in [-0.3, -0.25) is 0 Å². The van der Waals surface area contributed by atoms with Crippen LogP contribution >= 0.6 is 0 Å². The van der Waals surface area contributed by atoms with Crippen molar-refractivity contribution in [2.75, 3.05) is 33.2 Å². The van der Waals surface area contributed by atoms with Crippen LogP contribution in [0.3, 0.4) is 0 Å². The number of carbonyl (C=O) groups excluding carboxylic acids is 1. The smallest absolute Gasteiger partial charge is 0.319 e. The second-order valence-electron chi connectivity index (χ2n) is 4.23. The molecule has 4 nitrogen and oxygen atoms in total. The predicted octanol–water partition coefficient (Wildman–Crippen LogP) is 0.496. The Morgan fingerprint density at radius 3 is 2.71 bits per heavy atom. The average Bonchev–Trinajstić information content (AvgIpc) is 2.23. The van der Waals surface area contributed by atoms with Gasteiger partial charge in [0.2, 0.25) is 0 Å². The van der Waals surface area contributed by atoms with Crippen LogP contribution in [0.5, 0.6) is 0 Å². The summed E-state index contributed by atoms with van der Waals surface area (Å²) in [5, 5.41) is 3.33. The number of urea groups is 1. The fourth-order valence-electron chi connectivity index (χ4n) is 2.35. The van der Waals surface area contributed by atoms with Gasteiger partial charge in [-0.1, -0.05) is 0 Å². The maximum absolute atomic E-state index is 11.9. The van der Waals surface area contributed by atoms with Gasteiger partial charge in [-0.2, -0.15) is 0 Å². The molecule has 0 saturated carbocycles. The van der Waals surface area contributed by atoms with E-state index in [1.165, 1.54) is 0 Å². The Balaban J connectivity index is 1.97. The summed E-state index contributed by atoms with van der Waals surface area (Å²) in [6, 6.07) is 0.703. The Morgan fingerprint density at radius 2 is 2.00 bits per heavy atom. The Bertz CT molecular complexity index is 213. The zero-order valence-electron chi connectivity index (χ0n) is 8.83. The summed E-state index contributed by atoms with van der Waals surface area (Å²) >= 11 is 0. The molecule has 0 atom stereocenters. The van der Waals surface area contributed by atoms with Crippen molar-refractivity contribution < 1.29 is 4.79 Å². The normalized spacial score (nSPS) is 25.6. The lowest BCUT2D eigenvalue weighted by Crippen LogP contribution is -2.54. The van der Waals surface area contributed by atoms with Crippen LogP contribution in [0.4, 0.5) is 4.79 Å². The molecule has 2 saturated heterocycles. The van der Waals surface area contributed by atoms with Gasteiger partial charge in [0, 0.05) is 26.2 Å². The number of nitrogens with one attached hydrogen (secondary N) is 1. The topological polar surface area (TPSA) is 35.6 Å². The number of hydrogen-bond acceptors (Lipinski definition) is 2. The molecule has 1 N–H and O–H groups in total. The number of rotatable bonds is 1. The van der Waals surface area contributed by atoms with Gasteiger partial charge in [-0.25, -0.2) is 4.79 Å². The maximum atomic E-state index is 11.9. The van der Waals surface area contributed by atoms with Crippen molar-refractivity contribution in [1.29, 1.82) is 0 Å². The predicted molar refractivity (Wildman–Crippen MR) is 55.2 cm³/mol. The lowest BCUT2D eigenvalue weighted by molar-refractivity contribution is 0.107. The van der Waals surface area contributed by atoms with Gasteiger partial charge in [0.25, 0.3) is 0 Å². The fraction of sp³-hybridized carbons (Fsp3) is 0.900. The Kier molecular flexibility index (Phi) is 2.91. The highest BCUT2D eigenvalue weighted by molar-refractivity contribution is 5.75. The molecule has 0 aliphatic carbocycles. The highest BCUT2D eigenvalue weighted by Crippen LogP contribution is 2.17. The van der Waals surface area contributed by atoms with E-state index in [4.69, 9.17) is 0 Å². The van der Waals surface area contributed by atoms with Crippen molar-refractivity contribution >= 4 is 6.03 Å². The number of carbonyl (C=O) groups is 1. The molecule has 2 amide bonds. The summed E-state index contributed by atoms with van der Waals surface area (Å²) in [6.45, 7) is 3.98. The minimum atomic E-state index is 0.225. The number of hydrogen-bond donors (Lipinski definition) is 1. The van der Waals surface area contributed by atoms with Gasteiger partial charge in [0.1, 0.15) is 0 Å². The first-order valence-electron chi connectivity index (χ1n) is 5.51. The van der Waals surface area contributed by atoms with E-state index in [-0.39, 0.29) is 6.03 Å². The summed E-state index contributed by atoms with van der Waals surface area (Å²) in [5.41, 5.74) is 0.